The Labute approximate surface area is 284 Å². The number of carbonyl (C=O) groups is 4. The molecule has 1 aliphatic heterocycles. The van der Waals surface area contributed by atoms with Gasteiger partial charge in [0.1, 0.15) is 12.2 Å². The minimum Gasteiger partial charge on any atom is -0.462 e. The van der Waals surface area contributed by atoms with Gasteiger partial charge in [-0.15, -0.1) is 0 Å². The van der Waals surface area contributed by atoms with Gasteiger partial charge >= 0.3 is 11.9 Å². The Morgan fingerprint density at radius 2 is 1.04 bits per heavy atom. The molecule has 0 aromatic carbocycles. The average Bonchev–Trinajstić information content (AvgIpc) is 3.49. The third kappa shape index (κ3) is 12.9. The van der Waals surface area contributed by atoms with E-state index in [1.165, 1.54) is 12.2 Å². The Morgan fingerprint density at radius 1 is 0.625 bits per heavy atom. The van der Waals surface area contributed by atoms with Gasteiger partial charge in [-0.1, -0.05) is 74.6 Å². The van der Waals surface area contributed by atoms with E-state index in [9.17, 15) is 28.0 Å². The molecule has 0 radical (unpaired) electrons. The van der Waals surface area contributed by atoms with Crippen molar-refractivity contribution in [2.24, 2.45) is 11.8 Å². The molecular formula is C40H50F2O6. The van der Waals surface area contributed by atoms with Gasteiger partial charge in [0.25, 0.3) is 0 Å². The zero-order valence-electron chi connectivity index (χ0n) is 28.3. The molecule has 0 N–H and O–H groups in total. The number of esters is 2. The molecule has 4 atom stereocenters. The summed E-state index contributed by atoms with van der Waals surface area (Å²) < 4.78 is 40.2. The highest BCUT2D eigenvalue weighted by Gasteiger charge is 2.31. The predicted octanol–water partition coefficient (Wildman–Crippen LogP) is 9.51. The quantitative estimate of drug-likeness (QED) is 0.208. The maximum absolute atomic E-state index is 14.4. The molecule has 6 nitrogen and oxygen atoms in total. The number of fused-ring (bicyclic) bond motifs is 2. The summed E-state index contributed by atoms with van der Waals surface area (Å²) in [6.45, 7) is 4.02. The minimum atomic E-state index is -0.771. The Morgan fingerprint density at radius 3 is 1.44 bits per heavy atom. The molecule has 0 bridgehead atoms. The third-order valence-electron chi connectivity index (χ3n) is 8.47. The number of allylic oxidation sites excluding steroid dienone is 12. The van der Waals surface area contributed by atoms with Gasteiger partial charge in [0, 0.05) is 61.5 Å². The van der Waals surface area contributed by atoms with E-state index >= 15 is 0 Å². The first-order valence-corrected chi connectivity index (χ1v) is 17.5. The highest BCUT2D eigenvalue weighted by atomic mass is 19.1. The zero-order chi connectivity index (χ0) is 34.7. The summed E-state index contributed by atoms with van der Waals surface area (Å²) in [6, 6.07) is 0. The highest BCUT2D eigenvalue weighted by molar-refractivity contribution is 6.10. The van der Waals surface area contributed by atoms with Gasteiger partial charge in [-0.3, -0.25) is 19.2 Å². The molecule has 8 heteroatoms. The monoisotopic (exact) mass is 664 g/mol. The van der Waals surface area contributed by atoms with Crippen molar-refractivity contribution in [1.82, 2.24) is 0 Å². The standard InChI is InChI=1S/C40H50F2O6/c1-3-5-11-19-31-23-25-33-29(27-35(41)39(33)45)17-13-8-10-16-22-38(44)48-32(20-12-6-4-2)24-26-34-30(28-36(42)40(34)46)18-14-7-9-15-21-37(43)47-31/h5-8,11-14,25-32H,3-4,9-10,15-24H2,1-2H3/b11-5-,12-6-,13-8-,14-7-,33-25+,34-26+/t29-,30-,31-,32-/m0/s1. The van der Waals surface area contributed by atoms with Crippen molar-refractivity contribution >= 4 is 23.5 Å². The lowest BCUT2D eigenvalue weighted by Gasteiger charge is -2.16. The SMILES string of the molecule is CC/C=C\C[C@H]1C/C=C2/C(=O)C(F)=C[C@@H]2C/C=C\CCCC(=O)O[C@@H](C/C=C\CC)C/C=C2/C(=O)C(F)=C[C@@H]2C/C=C\CCCC(=O)O1. The normalized spacial score (nSPS) is 29.6. The molecule has 1 heterocycles. The van der Waals surface area contributed by atoms with E-state index in [2.05, 4.69) is 0 Å². The van der Waals surface area contributed by atoms with Crippen LogP contribution in [0.15, 0.2) is 95.7 Å². The molecule has 0 aromatic rings. The van der Waals surface area contributed by atoms with Crippen molar-refractivity contribution in [1.29, 1.82) is 0 Å². The summed E-state index contributed by atoms with van der Waals surface area (Å²) in [5.74, 6) is -4.31. The van der Waals surface area contributed by atoms with Gasteiger partial charge in [0.15, 0.2) is 11.7 Å². The number of carbonyl (C=O) groups excluding carboxylic acids is 4. The van der Waals surface area contributed by atoms with Crippen LogP contribution in [0.25, 0.3) is 0 Å². The molecule has 0 spiro atoms. The fourth-order valence-electron chi connectivity index (χ4n) is 5.85. The second-order valence-electron chi connectivity index (χ2n) is 12.3. The lowest BCUT2D eigenvalue weighted by molar-refractivity contribution is -0.149. The van der Waals surface area contributed by atoms with Crippen LogP contribution in [0.2, 0.25) is 0 Å². The molecule has 2 aliphatic carbocycles. The first-order valence-electron chi connectivity index (χ1n) is 17.5. The van der Waals surface area contributed by atoms with Crippen LogP contribution in [0.4, 0.5) is 8.78 Å². The number of halogens is 2. The number of Topliss-reactive ketones (excluding diaryl/α,β-unsaturated/α-hetero) is 2. The predicted molar refractivity (Wildman–Crippen MR) is 184 cm³/mol. The molecular weight excluding hydrogens is 614 g/mol. The molecule has 48 heavy (non-hydrogen) atoms. The molecule has 3 aliphatic rings. The first-order chi connectivity index (χ1) is 23.2. The zero-order valence-corrected chi connectivity index (χ0v) is 28.3. The van der Waals surface area contributed by atoms with Crippen LogP contribution in [0, 0.1) is 11.8 Å². The number of hydrogen-bond acceptors (Lipinski definition) is 6. The molecule has 0 aromatic heterocycles. The Balaban J connectivity index is 1.77. The van der Waals surface area contributed by atoms with Gasteiger partial charge in [-0.25, -0.2) is 8.78 Å². The van der Waals surface area contributed by atoms with Gasteiger partial charge < -0.3 is 9.47 Å². The van der Waals surface area contributed by atoms with Crippen molar-refractivity contribution < 1.29 is 37.4 Å². The Bertz CT molecular complexity index is 1270. The van der Waals surface area contributed by atoms with Crippen LogP contribution < -0.4 is 0 Å². The van der Waals surface area contributed by atoms with Gasteiger partial charge in [-0.05, 0) is 63.5 Å². The highest BCUT2D eigenvalue weighted by Crippen LogP contribution is 2.33. The fourth-order valence-corrected chi connectivity index (χ4v) is 5.85. The third-order valence-corrected chi connectivity index (χ3v) is 8.47. The van der Waals surface area contributed by atoms with Crippen molar-refractivity contribution in [2.75, 3.05) is 0 Å². The van der Waals surface area contributed by atoms with Crippen molar-refractivity contribution in [2.45, 2.75) is 116 Å². The molecule has 0 unspecified atom stereocenters. The summed E-state index contributed by atoms with van der Waals surface area (Å²) in [4.78, 5) is 50.6. The van der Waals surface area contributed by atoms with Crippen molar-refractivity contribution in [3.05, 3.63) is 95.7 Å². The van der Waals surface area contributed by atoms with Gasteiger partial charge in [0.05, 0.1) is 0 Å². The number of hydrogen-bond donors (Lipinski definition) is 0. The fraction of sp³-hybridized carbons (Fsp3) is 0.500. The van der Waals surface area contributed by atoms with Crippen LogP contribution >= 0.6 is 0 Å². The second-order valence-corrected chi connectivity index (χ2v) is 12.3. The molecule has 0 fully saturated rings. The second kappa shape index (κ2) is 21.1. The lowest BCUT2D eigenvalue weighted by atomic mass is 9.95. The van der Waals surface area contributed by atoms with E-state index in [1.807, 2.05) is 62.5 Å². The largest absolute Gasteiger partial charge is 0.462 e. The van der Waals surface area contributed by atoms with Crippen LogP contribution in [-0.2, 0) is 28.7 Å². The van der Waals surface area contributed by atoms with E-state index < -0.39 is 47.3 Å². The number of ether oxygens (including phenoxy) is 2. The molecule has 3 rings (SSSR count). The van der Waals surface area contributed by atoms with Crippen LogP contribution in [0.5, 0.6) is 0 Å². The maximum Gasteiger partial charge on any atom is 0.306 e. The van der Waals surface area contributed by atoms with E-state index in [1.54, 1.807) is 12.2 Å². The molecule has 0 saturated carbocycles. The topological polar surface area (TPSA) is 86.7 Å². The van der Waals surface area contributed by atoms with E-state index in [0.717, 1.165) is 12.8 Å². The summed E-state index contributed by atoms with van der Waals surface area (Å²) in [7, 11) is 0. The van der Waals surface area contributed by atoms with E-state index in [0.29, 0.717) is 75.4 Å². The van der Waals surface area contributed by atoms with E-state index in [-0.39, 0.29) is 24.8 Å². The van der Waals surface area contributed by atoms with Gasteiger partial charge in [0.2, 0.25) is 11.6 Å². The molecule has 0 amide bonds. The Hall–Kier alpha value is -3.94. The summed E-state index contributed by atoms with van der Waals surface area (Å²) in [5.41, 5.74) is 0.735. The minimum absolute atomic E-state index is 0.200. The maximum atomic E-state index is 14.4. The van der Waals surface area contributed by atoms with Gasteiger partial charge in [-0.2, -0.15) is 0 Å². The van der Waals surface area contributed by atoms with Crippen LogP contribution in [0.3, 0.4) is 0 Å². The smallest absolute Gasteiger partial charge is 0.306 e. The van der Waals surface area contributed by atoms with Crippen molar-refractivity contribution in [3.8, 4) is 0 Å². The van der Waals surface area contributed by atoms with Crippen molar-refractivity contribution in [3.63, 3.8) is 0 Å². The average molecular weight is 665 g/mol. The van der Waals surface area contributed by atoms with Crippen LogP contribution in [-0.4, -0.2) is 35.7 Å². The number of ketones is 2. The first kappa shape index (κ1) is 38.5. The summed E-state index contributed by atoms with van der Waals surface area (Å²) in [6.07, 6.45) is 27.3. The Kier molecular flexibility index (Phi) is 16.9. The molecule has 260 valence electrons. The van der Waals surface area contributed by atoms with Crippen LogP contribution in [0.1, 0.15) is 104 Å². The number of cyclic esters (lactones) is 2. The molecule has 0 saturated heterocycles. The lowest BCUT2D eigenvalue weighted by Crippen LogP contribution is -2.18. The van der Waals surface area contributed by atoms with E-state index in [4.69, 9.17) is 9.47 Å². The summed E-state index contributed by atoms with van der Waals surface area (Å²) >= 11 is 0. The number of rotatable bonds is 6. The summed E-state index contributed by atoms with van der Waals surface area (Å²) in [5, 5.41) is 0.